The lowest BCUT2D eigenvalue weighted by atomic mass is 10.1. The van der Waals surface area contributed by atoms with Crippen LogP contribution in [0.3, 0.4) is 0 Å². The van der Waals surface area contributed by atoms with Crippen LogP contribution in [0.1, 0.15) is 22.5 Å². The highest BCUT2D eigenvalue weighted by Gasteiger charge is 2.04. The van der Waals surface area contributed by atoms with E-state index >= 15 is 0 Å². The van der Waals surface area contributed by atoms with E-state index in [0.29, 0.717) is 24.6 Å². The second-order valence-corrected chi connectivity index (χ2v) is 6.23. The smallest absolute Gasteiger partial charge is 0.191 e. The van der Waals surface area contributed by atoms with Crippen molar-refractivity contribution >= 4 is 5.96 Å². The molecule has 140 valence electrons. The number of hydrogen-bond donors (Lipinski definition) is 2. The minimum Gasteiger partial charge on any atom is -0.352 e. The summed E-state index contributed by atoms with van der Waals surface area (Å²) in [7, 11) is 1.70. The molecular formula is C20H23FN6. The Morgan fingerprint density at radius 2 is 1.81 bits per heavy atom. The molecule has 3 aromatic rings. The van der Waals surface area contributed by atoms with Gasteiger partial charge in [0.15, 0.2) is 5.96 Å². The van der Waals surface area contributed by atoms with Gasteiger partial charge in [0.2, 0.25) is 0 Å². The molecule has 0 saturated heterocycles. The third-order valence-corrected chi connectivity index (χ3v) is 4.26. The van der Waals surface area contributed by atoms with E-state index in [1.165, 1.54) is 6.07 Å². The zero-order valence-electron chi connectivity index (χ0n) is 15.7. The number of nitrogens with zero attached hydrogens (tertiary/aromatic N) is 4. The first-order valence-corrected chi connectivity index (χ1v) is 8.71. The lowest BCUT2D eigenvalue weighted by molar-refractivity contribution is 0.615. The van der Waals surface area contributed by atoms with Gasteiger partial charge in [-0.3, -0.25) is 9.56 Å². The third kappa shape index (κ3) is 4.69. The largest absolute Gasteiger partial charge is 0.352 e. The van der Waals surface area contributed by atoms with Gasteiger partial charge in [0, 0.05) is 38.7 Å². The van der Waals surface area contributed by atoms with E-state index in [2.05, 4.69) is 25.6 Å². The summed E-state index contributed by atoms with van der Waals surface area (Å²) in [6.45, 7) is 4.76. The number of halogens is 1. The summed E-state index contributed by atoms with van der Waals surface area (Å²) in [5.74, 6) is 2.17. The van der Waals surface area contributed by atoms with Gasteiger partial charge in [0.1, 0.15) is 17.5 Å². The van der Waals surface area contributed by atoms with Crippen LogP contribution in [0.25, 0.3) is 5.82 Å². The van der Waals surface area contributed by atoms with Crippen molar-refractivity contribution in [1.82, 2.24) is 25.2 Å². The number of aromatic nitrogens is 3. The minimum absolute atomic E-state index is 0.198. The molecule has 0 aliphatic heterocycles. The predicted octanol–water partition coefficient (Wildman–Crippen LogP) is 2.89. The third-order valence-electron chi connectivity index (χ3n) is 4.26. The standard InChI is InChI=1S/C20H23FN6/c1-14-4-5-16(10-18(14)21)11-25-20(22-3)26-13-17-6-7-19(24-12-17)27-9-8-23-15(27)2/h4-10,12H,11,13H2,1-3H3,(H2,22,25,26). The Kier molecular flexibility index (Phi) is 5.80. The molecule has 0 atom stereocenters. The van der Waals surface area contributed by atoms with Gasteiger partial charge >= 0.3 is 0 Å². The number of pyridine rings is 1. The number of aryl methyl sites for hydroxylation is 2. The summed E-state index contributed by atoms with van der Waals surface area (Å²) in [5, 5.41) is 6.42. The Morgan fingerprint density at radius 3 is 2.41 bits per heavy atom. The number of hydrogen-bond acceptors (Lipinski definition) is 3. The SMILES string of the molecule is CN=C(NCc1ccc(-n2ccnc2C)nc1)NCc1ccc(C)c(F)c1. The van der Waals surface area contributed by atoms with Gasteiger partial charge in [0.05, 0.1) is 0 Å². The summed E-state index contributed by atoms with van der Waals surface area (Å²) in [4.78, 5) is 12.9. The number of benzene rings is 1. The highest BCUT2D eigenvalue weighted by molar-refractivity contribution is 5.79. The molecule has 1 aromatic carbocycles. The predicted molar refractivity (Wildman–Crippen MR) is 104 cm³/mol. The Bertz CT molecular complexity index is 930. The van der Waals surface area contributed by atoms with Crippen LogP contribution in [0.5, 0.6) is 0 Å². The normalized spacial score (nSPS) is 11.5. The number of aliphatic imine (C=N–C) groups is 1. The maximum atomic E-state index is 13.6. The van der Waals surface area contributed by atoms with Crippen molar-refractivity contribution in [2.75, 3.05) is 7.05 Å². The molecule has 2 heterocycles. The van der Waals surface area contributed by atoms with Gasteiger partial charge in [0.25, 0.3) is 0 Å². The van der Waals surface area contributed by atoms with Crippen molar-refractivity contribution in [3.8, 4) is 5.82 Å². The maximum absolute atomic E-state index is 13.6. The van der Waals surface area contributed by atoms with Crippen LogP contribution in [0.4, 0.5) is 4.39 Å². The molecule has 0 saturated carbocycles. The van der Waals surface area contributed by atoms with Crippen molar-refractivity contribution in [3.63, 3.8) is 0 Å². The molecule has 0 aliphatic carbocycles. The van der Waals surface area contributed by atoms with E-state index in [9.17, 15) is 4.39 Å². The number of imidazole rings is 1. The molecule has 0 radical (unpaired) electrons. The van der Waals surface area contributed by atoms with Crippen molar-refractivity contribution in [3.05, 3.63) is 77.3 Å². The second kappa shape index (κ2) is 8.44. The molecule has 7 heteroatoms. The van der Waals surface area contributed by atoms with Gasteiger partial charge in [-0.2, -0.15) is 0 Å². The fraction of sp³-hybridized carbons (Fsp3) is 0.250. The first kappa shape index (κ1) is 18.6. The molecule has 0 fully saturated rings. The topological polar surface area (TPSA) is 67.1 Å². The monoisotopic (exact) mass is 366 g/mol. The molecule has 0 spiro atoms. The summed E-state index contributed by atoms with van der Waals surface area (Å²) in [6.07, 6.45) is 5.46. The van der Waals surface area contributed by atoms with Crippen LogP contribution in [-0.2, 0) is 13.1 Å². The average Bonchev–Trinajstić information content (AvgIpc) is 3.11. The van der Waals surface area contributed by atoms with Gasteiger partial charge in [-0.15, -0.1) is 0 Å². The molecule has 0 amide bonds. The fourth-order valence-corrected chi connectivity index (χ4v) is 2.62. The van der Waals surface area contributed by atoms with Gasteiger partial charge in [-0.25, -0.2) is 14.4 Å². The van der Waals surface area contributed by atoms with Crippen molar-refractivity contribution in [2.24, 2.45) is 4.99 Å². The van der Waals surface area contributed by atoms with E-state index in [-0.39, 0.29) is 5.82 Å². The zero-order chi connectivity index (χ0) is 19.2. The van der Waals surface area contributed by atoms with E-state index in [0.717, 1.165) is 22.8 Å². The van der Waals surface area contributed by atoms with Crippen LogP contribution < -0.4 is 10.6 Å². The second-order valence-electron chi connectivity index (χ2n) is 6.23. The van der Waals surface area contributed by atoms with Crippen molar-refractivity contribution in [1.29, 1.82) is 0 Å². The Labute approximate surface area is 158 Å². The molecule has 2 N–H and O–H groups in total. The highest BCUT2D eigenvalue weighted by atomic mass is 19.1. The Morgan fingerprint density at radius 1 is 1.07 bits per heavy atom. The van der Waals surface area contributed by atoms with Gasteiger partial charge in [-0.05, 0) is 42.7 Å². The van der Waals surface area contributed by atoms with Crippen LogP contribution in [0.2, 0.25) is 0 Å². The highest BCUT2D eigenvalue weighted by Crippen LogP contribution is 2.09. The Hall–Kier alpha value is -3.22. The summed E-state index contributed by atoms with van der Waals surface area (Å²) >= 11 is 0. The number of guanidine groups is 1. The molecule has 3 rings (SSSR count). The zero-order valence-corrected chi connectivity index (χ0v) is 15.7. The summed E-state index contributed by atoms with van der Waals surface area (Å²) in [5.41, 5.74) is 2.53. The van der Waals surface area contributed by atoms with Crippen LogP contribution in [0, 0.1) is 19.7 Å². The molecule has 2 aromatic heterocycles. The van der Waals surface area contributed by atoms with Gasteiger partial charge < -0.3 is 10.6 Å². The summed E-state index contributed by atoms with van der Waals surface area (Å²) in [6, 6.07) is 9.18. The molecule has 6 nitrogen and oxygen atoms in total. The molecule has 0 unspecified atom stereocenters. The first-order chi connectivity index (χ1) is 13.1. The molecular weight excluding hydrogens is 343 g/mol. The minimum atomic E-state index is -0.198. The summed E-state index contributed by atoms with van der Waals surface area (Å²) < 4.78 is 15.6. The lowest BCUT2D eigenvalue weighted by Gasteiger charge is -2.12. The Balaban J connectivity index is 1.54. The van der Waals surface area contributed by atoms with Crippen molar-refractivity contribution < 1.29 is 4.39 Å². The fourth-order valence-electron chi connectivity index (χ4n) is 2.62. The first-order valence-electron chi connectivity index (χ1n) is 8.71. The van der Waals surface area contributed by atoms with E-state index in [1.54, 1.807) is 26.2 Å². The van der Waals surface area contributed by atoms with Crippen LogP contribution in [0.15, 0.2) is 53.9 Å². The van der Waals surface area contributed by atoms with Crippen molar-refractivity contribution in [2.45, 2.75) is 26.9 Å². The molecule has 0 bridgehead atoms. The molecule has 27 heavy (non-hydrogen) atoms. The van der Waals surface area contributed by atoms with Gasteiger partial charge in [-0.1, -0.05) is 18.2 Å². The number of rotatable bonds is 5. The number of nitrogens with one attached hydrogen (secondary N) is 2. The van der Waals surface area contributed by atoms with E-state index in [1.807, 2.05) is 42.1 Å². The average molecular weight is 366 g/mol. The quantitative estimate of drug-likeness (QED) is 0.538. The van der Waals surface area contributed by atoms with Crippen LogP contribution >= 0.6 is 0 Å². The lowest BCUT2D eigenvalue weighted by Crippen LogP contribution is -2.36. The maximum Gasteiger partial charge on any atom is 0.191 e. The molecule has 0 aliphatic rings. The van der Waals surface area contributed by atoms with E-state index < -0.39 is 0 Å². The van der Waals surface area contributed by atoms with Crippen LogP contribution in [-0.4, -0.2) is 27.5 Å². The van der Waals surface area contributed by atoms with E-state index in [4.69, 9.17) is 0 Å².